The quantitative estimate of drug-likeness (QED) is 0.0785. The molecule has 0 saturated heterocycles. The molecule has 11 nitrogen and oxygen atoms in total. The molecule has 0 aliphatic rings. The number of carbonyl (C=O) groups excluding carboxylic acids is 2. The van der Waals surface area contributed by atoms with E-state index in [2.05, 4.69) is 56.1 Å². The van der Waals surface area contributed by atoms with Gasteiger partial charge in [0.15, 0.2) is 0 Å². The predicted molar refractivity (Wildman–Crippen MR) is 182 cm³/mol. The van der Waals surface area contributed by atoms with Gasteiger partial charge in [-0.2, -0.15) is 8.42 Å². The minimum absolute atomic E-state index is 0.153. The van der Waals surface area contributed by atoms with Crippen LogP contribution in [-0.4, -0.2) is 118 Å². The number of rotatable bonds is 24. The highest BCUT2D eigenvalue weighted by Crippen LogP contribution is 2.44. The molecule has 0 saturated carbocycles. The lowest BCUT2D eigenvalue weighted by atomic mass is 9.67. The Hall–Kier alpha value is -1.31. The van der Waals surface area contributed by atoms with E-state index in [1.165, 1.54) is 0 Å². The second-order valence-corrected chi connectivity index (χ2v) is 16.3. The van der Waals surface area contributed by atoms with E-state index in [4.69, 9.17) is 10.2 Å². The third-order valence-electron chi connectivity index (χ3n) is 8.09. The van der Waals surface area contributed by atoms with Crippen LogP contribution >= 0.6 is 0 Å². The Morgan fingerprint density at radius 3 is 1.17 bits per heavy atom. The molecule has 0 heterocycles. The number of nitrogens with zero attached hydrogens (tertiary/aromatic N) is 2. The smallest absolute Gasteiger partial charge is 0.274 e. The van der Waals surface area contributed by atoms with Crippen LogP contribution in [0.15, 0.2) is 0 Å². The Labute approximate surface area is 282 Å². The molecule has 0 fully saturated rings. The molecule has 3 unspecified atom stereocenters. The summed E-state index contributed by atoms with van der Waals surface area (Å²) < 4.78 is 35.8. The van der Waals surface area contributed by atoms with E-state index in [9.17, 15) is 32.8 Å². The molecule has 0 aromatic carbocycles. The van der Waals surface area contributed by atoms with Crippen LogP contribution in [0.25, 0.3) is 0 Å². The van der Waals surface area contributed by atoms with E-state index in [-0.39, 0.29) is 37.9 Å². The summed E-state index contributed by atoms with van der Waals surface area (Å²) >= 11 is 0. The first-order valence-corrected chi connectivity index (χ1v) is 18.8. The number of likely N-dealkylation sites (N-methyl/N-ethyl adjacent to an activating group) is 2. The van der Waals surface area contributed by atoms with Crippen LogP contribution in [0, 0.1) is 17.3 Å². The average Bonchev–Trinajstić information content (AvgIpc) is 2.87. The van der Waals surface area contributed by atoms with E-state index < -0.39 is 32.7 Å². The molecule has 0 spiro atoms. The zero-order valence-corrected chi connectivity index (χ0v) is 31.9. The van der Waals surface area contributed by atoms with Gasteiger partial charge in [0.2, 0.25) is 0 Å². The first-order chi connectivity index (χ1) is 21.1. The molecule has 46 heavy (non-hydrogen) atoms. The van der Waals surface area contributed by atoms with E-state index in [0.29, 0.717) is 25.7 Å². The molecule has 3 atom stereocenters. The van der Waals surface area contributed by atoms with Crippen LogP contribution in [0.2, 0.25) is 0 Å². The van der Waals surface area contributed by atoms with Crippen molar-refractivity contribution in [1.82, 2.24) is 0 Å². The molecule has 0 rings (SSSR count). The number of aliphatic carboxylic acids is 2. The van der Waals surface area contributed by atoms with Crippen LogP contribution in [0.1, 0.15) is 118 Å². The summed E-state index contributed by atoms with van der Waals surface area (Å²) in [6.45, 7) is 10.2. The van der Waals surface area contributed by atoms with Crippen molar-refractivity contribution in [3.05, 3.63) is 0 Å². The Balaban J connectivity index is -0.00000108. The molecule has 3 N–H and O–H groups in total. The van der Waals surface area contributed by atoms with E-state index in [1.54, 1.807) is 0 Å². The van der Waals surface area contributed by atoms with Crippen molar-refractivity contribution in [1.29, 1.82) is 0 Å². The second kappa shape index (κ2) is 25.7. The lowest BCUT2D eigenvalue weighted by molar-refractivity contribution is -0.870. The number of hydrogen-bond donors (Lipinski definition) is 3. The number of aliphatic hydroxyl groups excluding tert-OH is 2. The van der Waals surface area contributed by atoms with Crippen LogP contribution in [0.5, 0.6) is 0 Å². The molecule has 0 amide bonds. The van der Waals surface area contributed by atoms with E-state index in [0.717, 1.165) is 73.4 Å². The fourth-order valence-electron chi connectivity index (χ4n) is 5.71. The van der Waals surface area contributed by atoms with Gasteiger partial charge in [-0.3, -0.25) is 4.55 Å². The molecule has 0 aromatic rings. The fourth-order valence-corrected chi connectivity index (χ4v) is 6.82. The van der Waals surface area contributed by atoms with Gasteiger partial charge in [0.05, 0.1) is 61.5 Å². The maximum Gasteiger partial charge on any atom is 0.274 e. The lowest BCUT2D eigenvalue weighted by Crippen LogP contribution is -2.60. The van der Waals surface area contributed by atoms with Gasteiger partial charge < -0.3 is 39.0 Å². The number of carbonyl (C=O) groups is 2. The summed E-state index contributed by atoms with van der Waals surface area (Å²) in [5.74, 6) is -4.15. The molecule has 0 bridgehead atoms. The topological polar surface area (TPSA) is 175 Å². The van der Waals surface area contributed by atoms with E-state index in [1.807, 2.05) is 13.8 Å². The first kappa shape index (κ1) is 49.1. The van der Waals surface area contributed by atoms with Gasteiger partial charge in [0.25, 0.3) is 10.1 Å². The van der Waals surface area contributed by atoms with Crippen molar-refractivity contribution >= 4 is 22.1 Å². The number of hydrogen-bond acceptors (Lipinski definition) is 8. The van der Waals surface area contributed by atoms with Crippen LogP contribution in [0.3, 0.4) is 0 Å². The van der Waals surface area contributed by atoms with Crippen LogP contribution in [0.4, 0.5) is 0 Å². The molecule has 0 aliphatic carbocycles. The van der Waals surface area contributed by atoms with Gasteiger partial charge in [-0.1, -0.05) is 105 Å². The van der Waals surface area contributed by atoms with Crippen LogP contribution < -0.4 is 10.2 Å². The van der Waals surface area contributed by atoms with Gasteiger partial charge in [-0.05, 0) is 24.7 Å². The van der Waals surface area contributed by atoms with Crippen molar-refractivity contribution in [2.75, 3.05) is 68.6 Å². The normalized spacial score (nSPS) is 15.3. The molecule has 0 aromatic heterocycles. The van der Waals surface area contributed by atoms with E-state index >= 15 is 0 Å². The number of unbranched alkanes of at least 4 members (excludes halogenated alkanes) is 4. The maximum atomic E-state index is 12.6. The van der Waals surface area contributed by atoms with Gasteiger partial charge in [-0.15, -0.1) is 0 Å². The summed E-state index contributed by atoms with van der Waals surface area (Å²) in [4.78, 5) is 24.5. The lowest BCUT2D eigenvalue weighted by Gasteiger charge is -2.44. The molecule has 278 valence electrons. The Bertz CT molecular complexity index is 846. The molecular formula is C34H72N2O9S. The fraction of sp³-hybridized carbons (Fsp3) is 0.941. The van der Waals surface area contributed by atoms with Crippen molar-refractivity contribution in [3.8, 4) is 0 Å². The summed E-state index contributed by atoms with van der Waals surface area (Å²) in [7, 11) is 7.09. The Morgan fingerprint density at radius 1 is 0.652 bits per heavy atom. The van der Waals surface area contributed by atoms with Crippen molar-refractivity contribution < 1.29 is 52.0 Å². The summed E-state index contributed by atoms with van der Waals surface area (Å²) in [6.07, 6.45) is 9.43. The zero-order valence-electron chi connectivity index (χ0n) is 31.1. The van der Waals surface area contributed by atoms with Gasteiger partial charge >= 0.3 is 0 Å². The third-order valence-corrected chi connectivity index (χ3v) is 9.33. The van der Waals surface area contributed by atoms with Crippen molar-refractivity contribution in [2.24, 2.45) is 17.3 Å². The molecule has 0 radical (unpaired) electrons. The number of carboxylic acids is 2. The number of carboxylic acid groups (broad SMARTS) is 2. The maximum absolute atomic E-state index is 12.6. The Morgan fingerprint density at radius 2 is 1.00 bits per heavy atom. The van der Waals surface area contributed by atoms with Gasteiger partial charge in [0.1, 0.15) is 18.3 Å². The SMILES string of the molecule is CCCCCC(CCC)CC(CC(CCC)CCCCC)(C(=O)[O-])C(C(=O)[O-])S(=O)(=O)O.C[N+](C)(C)CCO.C[N+](C)(C)CCO. The van der Waals surface area contributed by atoms with Crippen molar-refractivity contribution in [3.63, 3.8) is 0 Å². The molecule has 12 heteroatoms. The monoisotopic (exact) mass is 684 g/mol. The summed E-state index contributed by atoms with van der Waals surface area (Å²) in [6, 6.07) is 0. The van der Waals surface area contributed by atoms with Crippen molar-refractivity contribution in [2.45, 2.75) is 123 Å². The first-order valence-electron chi connectivity index (χ1n) is 17.3. The summed E-state index contributed by atoms with van der Waals surface area (Å²) in [5.41, 5.74) is -2.23. The largest absolute Gasteiger partial charge is 0.549 e. The highest BCUT2D eigenvalue weighted by atomic mass is 32.2. The van der Waals surface area contributed by atoms with Crippen LogP contribution in [-0.2, 0) is 19.7 Å². The average molecular weight is 685 g/mol. The summed E-state index contributed by atoms with van der Waals surface area (Å²) in [5, 5.41) is 38.8. The highest BCUT2D eigenvalue weighted by Gasteiger charge is 2.50. The highest BCUT2D eigenvalue weighted by molar-refractivity contribution is 7.87. The van der Waals surface area contributed by atoms with Gasteiger partial charge in [0, 0.05) is 11.4 Å². The second-order valence-electron chi connectivity index (χ2n) is 14.8. The standard InChI is InChI=1S/C24H46O7S.2C5H14NO/c1-5-9-11-15-19(13-7-3)17-24(23(27)28,21(22(25)26)32(29,30)31)18-20(14-8-4)16-12-10-6-2;2*1-6(2,3)4-5-7/h19-21H,5-18H2,1-4H3,(H,25,26)(H,27,28)(H,29,30,31);2*7H,4-5H2,1-3H3/q;2*+1/p-2. The molecule has 0 aliphatic heterocycles. The predicted octanol–water partition coefficient (Wildman–Crippen LogP) is 2.87. The minimum Gasteiger partial charge on any atom is -0.549 e. The zero-order chi connectivity index (χ0) is 36.6. The molecular weight excluding hydrogens is 612 g/mol. The number of quaternary nitrogens is 2. The Kier molecular flexibility index (Phi) is 27.4. The minimum atomic E-state index is -5.22. The third kappa shape index (κ3) is 24.8. The number of aliphatic hydroxyl groups is 2. The van der Waals surface area contributed by atoms with Gasteiger partial charge in [-0.25, -0.2) is 0 Å².